The maximum absolute atomic E-state index is 11.2. The lowest BCUT2D eigenvalue weighted by atomic mass is 9.95. The van der Waals surface area contributed by atoms with Crippen molar-refractivity contribution in [3.05, 3.63) is 36.0 Å². The average Bonchev–Trinajstić information content (AvgIpc) is 2.81. The van der Waals surface area contributed by atoms with Crippen LogP contribution in [0.4, 0.5) is 0 Å². The number of rotatable bonds is 3. The van der Waals surface area contributed by atoms with Crippen LogP contribution in [0.5, 0.6) is 0 Å². The van der Waals surface area contributed by atoms with Crippen molar-refractivity contribution >= 4 is 20.9 Å². The van der Waals surface area contributed by atoms with Crippen LogP contribution in [0.3, 0.4) is 0 Å². The summed E-state index contributed by atoms with van der Waals surface area (Å²) in [6.07, 6.45) is 8.43. The summed E-state index contributed by atoms with van der Waals surface area (Å²) in [6.45, 7) is 0. The SMILES string of the molecule is NS(=O)(=O)Cc1ccc2ccn(C3CCCCC3)c2c1. The standard InChI is InChI=1S/C15H20N2O2S/c16-20(18,19)11-12-6-7-13-8-9-17(15(13)10-12)14-4-2-1-3-5-14/h6-10,14H,1-5,11H2,(H2,16,18,19). The first-order valence-corrected chi connectivity index (χ1v) is 8.84. The molecular weight excluding hydrogens is 272 g/mol. The van der Waals surface area contributed by atoms with Crippen molar-refractivity contribution in [2.75, 3.05) is 0 Å². The number of nitrogens with zero attached hydrogens (tertiary/aromatic N) is 1. The van der Waals surface area contributed by atoms with Gasteiger partial charge in [-0.3, -0.25) is 0 Å². The molecule has 0 spiro atoms. The molecule has 4 nitrogen and oxygen atoms in total. The number of primary sulfonamides is 1. The molecule has 2 aromatic rings. The maximum Gasteiger partial charge on any atom is 0.213 e. The topological polar surface area (TPSA) is 65.1 Å². The van der Waals surface area contributed by atoms with Gasteiger partial charge in [-0.25, -0.2) is 13.6 Å². The molecule has 1 heterocycles. The molecule has 1 fully saturated rings. The molecule has 1 aromatic carbocycles. The number of sulfonamides is 1. The first kappa shape index (κ1) is 13.6. The molecule has 0 bridgehead atoms. The van der Waals surface area contributed by atoms with Gasteiger partial charge in [0.15, 0.2) is 0 Å². The lowest BCUT2D eigenvalue weighted by Crippen LogP contribution is -2.15. The Morgan fingerprint density at radius 3 is 2.60 bits per heavy atom. The highest BCUT2D eigenvalue weighted by molar-refractivity contribution is 7.88. The van der Waals surface area contributed by atoms with Crippen LogP contribution in [0, 0.1) is 0 Å². The van der Waals surface area contributed by atoms with Crippen LogP contribution >= 0.6 is 0 Å². The van der Waals surface area contributed by atoms with Gasteiger partial charge in [-0.05, 0) is 35.9 Å². The van der Waals surface area contributed by atoms with Gasteiger partial charge in [0.25, 0.3) is 0 Å². The van der Waals surface area contributed by atoms with E-state index < -0.39 is 10.0 Å². The van der Waals surface area contributed by atoms with Crippen LogP contribution in [0.15, 0.2) is 30.5 Å². The predicted molar refractivity (Wildman–Crippen MR) is 80.9 cm³/mol. The molecule has 1 aliphatic rings. The minimum atomic E-state index is -3.48. The normalized spacial score (nSPS) is 17.6. The Balaban J connectivity index is 1.98. The van der Waals surface area contributed by atoms with Crippen molar-refractivity contribution < 1.29 is 8.42 Å². The van der Waals surface area contributed by atoms with Gasteiger partial charge in [0.05, 0.1) is 5.75 Å². The van der Waals surface area contributed by atoms with E-state index >= 15 is 0 Å². The molecule has 0 aliphatic heterocycles. The summed E-state index contributed by atoms with van der Waals surface area (Å²) in [5.74, 6) is -0.0984. The van der Waals surface area contributed by atoms with E-state index in [-0.39, 0.29) is 5.75 Å². The number of hydrogen-bond acceptors (Lipinski definition) is 2. The van der Waals surface area contributed by atoms with Gasteiger partial charge in [-0.15, -0.1) is 0 Å². The first-order valence-electron chi connectivity index (χ1n) is 7.13. The lowest BCUT2D eigenvalue weighted by molar-refractivity contribution is 0.361. The zero-order valence-electron chi connectivity index (χ0n) is 11.5. The Labute approximate surface area is 119 Å². The quantitative estimate of drug-likeness (QED) is 0.945. The van der Waals surface area contributed by atoms with E-state index in [9.17, 15) is 8.42 Å². The molecule has 0 amide bonds. The second-order valence-corrected chi connectivity index (χ2v) is 7.33. The van der Waals surface area contributed by atoms with Crippen LogP contribution < -0.4 is 5.14 Å². The van der Waals surface area contributed by atoms with E-state index in [4.69, 9.17) is 5.14 Å². The minimum absolute atomic E-state index is 0.0984. The average molecular weight is 292 g/mol. The van der Waals surface area contributed by atoms with Crippen LogP contribution in [0.25, 0.3) is 10.9 Å². The van der Waals surface area contributed by atoms with E-state index in [1.807, 2.05) is 18.2 Å². The molecule has 20 heavy (non-hydrogen) atoms. The van der Waals surface area contributed by atoms with Gasteiger partial charge >= 0.3 is 0 Å². The Morgan fingerprint density at radius 2 is 1.90 bits per heavy atom. The van der Waals surface area contributed by atoms with Crippen molar-refractivity contribution in [2.24, 2.45) is 5.14 Å². The third-order valence-corrected chi connectivity index (χ3v) is 4.86. The summed E-state index contributed by atoms with van der Waals surface area (Å²) in [7, 11) is -3.48. The molecule has 2 N–H and O–H groups in total. The molecule has 5 heteroatoms. The molecule has 1 aliphatic carbocycles. The van der Waals surface area contributed by atoms with Gasteiger partial charge in [-0.1, -0.05) is 31.4 Å². The van der Waals surface area contributed by atoms with Gasteiger partial charge in [-0.2, -0.15) is 0 Å². The van der Waals surface area contributed by atoms with Gasteiger partial charge in [0.1, 0.15) is 0 Å². The van der Waals surface area contributed by atoms with Crippen LogP contribution in [-0.2, 0) is 15.8 Å². The van der Waals surface area contributed by atoms with Crippen molar-refractivity contribution in [1.82, 2.24) is 4.57 Å². The third-order valence-electron chi connectivity index (χ3n) is 4.12. The van der Waals surface area contributed by atoms with E-state index in [0.717, 1.165) is 16.5 Å². The van der Waals surface area contributed by atoms with Crippen LogP contribution in [-0.4, -0.2) is 13.0 Å². The minimum Gasteiger partial charge on any atom is -0.344 e. The highest BCUT2D eigenvalue weighted by Crippen LogP contribution is 2.32. The molecule has 108 valence electrons. The molecule has 1 aromatic heterocycles. The van der Waals surface area contributed by atoms with Gasteiger partial charge in [0, 0.05) is 17.8 Å². The summed E-state index contributed by atoms with van der Waals surface area (Å²) in [5, 5.41) is 6.29. The van der Waals surface area contributed by atoms with E-state index in [1.54, 1.807) is 0 Å². The van der Waals surface area contributed by atoms with E-state index in [0.29, 0.717) is 6.04 Å². The van der Waals surface area contributed by atoms with E-state index in [2.05, 4.69) is 16.8 Å². The van der Waals surface area contributed by atoms with Crippen LogP contribution in [0.1, 0.15) is 43.7 Å². The fraction of sp³-hybridized carbons (Fsp3) is 0.467. The zero-order valence-corrected chi connectivity index (χ0v) is 12.3. The predicted octanol–water partition coefficient (Wildman–Crippen LogP) is 2.94. The van der Waals surface area contributed by atoms with Crippen molar-refractivity contribution in [3.63, 3.8) is 0 Å². The molecule has 0 unspecified atom stereocenters. The number of nitrogens with two attached hydrogens (primary N) is 1. The largest absolute Gasteiger partial charge is 0.344 e. The fourth-order valence-electron chi connectivity index (χ4n) is 3.19. The monoisotopic (exact) mass is 292 g/mol. The number of fused-ring (bicyclic) bond motifs is 1. The Kier molecular flexibility index (Phi) is 3.56. The number of hydrogen-bond donors (Lipinski definition) is 1. The Morgan fingerprint density at radius 1 is 1.15 bits per heavy atom. The molecule has 0 radical (unpaired) electrons. The summed E-state index contributed by atoms with van der Waals surface area (Å²) in [4.78, 5) is 0. The van der Waals surface area contributed by atoms with E-state index in [1.165, 1.54) is 32.1 Å². The molecule has 0 atom stereocenters. The smallest absolute Gasteiger partial charge is 0.213 e. The molecule has 1 saturated carbocycles. The third kappa shape index (κ3) is 2.88. The lowest BCUT2D eigenvalue weighted by Gasteiger charge is -2.24. The highest BCUT2D eigenvalue weighted by Gasteiger charge is 2.17. The second kappa shape index (κ2) is 5.22. The van der Waals surface area contributed by atoms with Gasteiger partial charge < -0.3 is 4.57 Å². The Bertz CT molecular complexity index is 713. The summed E-state index contributed by atoms with van der Waals surface area (Å²) in [5.41, 5.74) is 1.88. The zero-order chi connectivity index (χ0) is 14.2. The second-order valence-electron chi connectivity index (χ2n) is 5.72. The number of benzene rings is 1. The fourth-order valence-corrected chi connectivity index (χ4v) is 3.84. The number of aromatic nitrogens is 1. The highest BCUT2D eigenvalue weighted by atomic mass is 32.2. The summed E-state index contributed by atoms with van der Waals surface area (Å²) >= 11 is 0. The van der Waals surface area contributed by atoms with Crippen molar-refractivity contribution in [3.8, 4) is 0 Å². The molecule has 0 saturated heterocycles. The Hall–Kier alpha value is -1.33. The molecule has 3 rings (SSSR count). The molecular formula is C15H20N2O2S. The first-order chi connectivity index (χ1) is 9.53. The van der Waals surface area contributed by atoms with Gasteiger partial charge in [0.2, 0.25) is 10.0 Å². The van der Waals surface area contributed by atoms with Crippen LogP contribution in [0.2, 0.25) is 0 Å². The summed E-state index contributed by atoms with van der Waals surface area (Å²) < 4.78 is 24.8. The van der Waals surface area contributed by atoms with Crippen molar-refractivity contribution in [1.29, 1.82) is 0 Å². The van der Waals surface area contributed by atoms with Crippen molar-refractivity contribution in [2.45, 2.75) is 43.9 Å². The maximum atomic E-state index is 11.2. The summed E-state index contributed by atoms with van der Waals surface area (Å²) in [6, 6.07) is 8.44.